The summed E-state index contributed by atoms with van der Waals surface area (Å²) in [6.45, 7) is 3.20. The number of amides is 1. The second-order valence-corrected chi connectivity index (χ2v) is 10.6. The van der Waals surface area contributed by atoms with E-state index in [0.29, 0.717) is 40.7 Å². The maximum Gasteiger partial charge on any atom is 0.239 e. The standard InChI is InChI=1S/C22H20Cl2N8O.C7H14/c23-17-2-1-16(18(24)9-17)12-28-21(33)13-27-19-10-20(32-8-7-26-14-32)31-22(30-19)29-11-15-3-5-25-6-4-15;1-7-5-3-2-4-6-7/h1-10,14H,11-13H2,(H,28,33)(H2,27,29,30,31);7H,2-6H2,1H3. The third-order valence-corrected chi connectivity index (χ3v) is 7.08. The molecule has 3 aromatic heterocycles. The van der Waals surface area contributed by atoms with Gasteiger partial charge in [0, 0.05) is 54.0 Å². The molecule has 3 heterocycles. The van der Waals surface area contributed by atoms with E-state index in [1.165, 1.54) is 32.1 Å². The van der Waals surface area contributed by atoms with E-state index in [2.05, 4.69) is 42.8 Å². The zero-order valence-electron chi connectivity index (χ0n) is 22.5. The topological polar surface area (TPSA) is 110 Å². The monoisotopic (exact) mass is 580 g/mol. The Bertz CT molecular complexity index is 1350. The number of hydrogen-bond acceptors (Lipinski definition) is 7. The van der Waals surface area contributed by atoms with Crippen molar-refractivity contribution in [1.82, 2.24) is 29.8 Å². The first-order valence-corrected chi connectivity index (χ1v) is 14.2. The number of aromatic nitrogens is 5. The minimum atomic E-state index is -0.213. The van der Waals surface area contributed by atoms with Gasteiger partial charge < -0.3 is 16.0 Å². The van der Waals surface area contributed by atoms with Crippen LogP contribution < -0.4 is 16.0 Å². The van der Waals surface area contributed by atoms with E-state index in [-0.39, 0.29) is 12.5 Å². The summed E-state index contributed by atoms with van der Waals surface area (Å²) in [6, 6.07) is 10.7. The smallest absolute Gasteiger partial charge is 0.239 e. The Balaban J connectivity index is 0.000000461. The number of rotatable bonds is 9. The summed E-state index contributed by atoms with van der Waals surface area (Å²) in [7, 11) is 0. The number of imidazole rings is 1. The Morgan fingerprint density at radius 2 is 1.75 bits per heavy atom. The van der Waals surface area contributed by atoms with Crippen LogP contribution in [0, 0.1) is 5.92 Å². The summed E-state index contributed by atoms with van der Waals surface area (Å²) in [5.74, 6) is 2.33. The molecular weight excluding hydrogens is 547 g/mol. The summed E-state index contributed by atoms with van der Waals surface area (Å²) in [4.78, 5) is 29.4. The highest BCUT2D eigenvalue weighted by Gasteiger charge is 2.10. The first-order valence-electron chi connectivity index (χ1n) is 13.4. The van der Waals surface area contributed by atoms with Gasteiger partial charge in [-0.3, -0.25) is 14.3 Å². The van der Waals surface area contributed by atoms with E-state index in [0.717, 1.165) is 17.0 Å². The molecule has 3 N–H and O–H groups in total. The van der Waals surface area contributed by atoms with Crippen molar-refractivity contribution in [2.45, 2.75) is 52.1 Å². The summed E-state index contributed by atoms with van der Waals surface area (Å²) in [6.07, 6.45) is 16.0. The van der Waals surface area contributed by atoms with Gasteiger partial charge in [-0.1, -0.05) is 68.3 Å². The fraction of sp³-hybridized carbons (Fsp3) is 0.345. The molecule has 0 saturated heterocycles. The van der Waals surface area contributed by atoms with Crippen molar-refractivity contribution in [2.75, 3.05) is 17.2 Å². The van der Waals surface area contributed by atoms with E-state index in [1.807, 2.05) is 12.1 Å². The van der Waals surface area contributed by atoms with Gasteiger partial charge >= 0.3 is 0 Å². The van der Waals surface area contributed by atoms with Gasteiger partial charge in [0.1, 0.15) is 18.0 Å². The lowest BCUT2D eigenvalue weighted by Gasteiger charge is -2.15. The molecule has 0 unspecified atom stereocenters. The van der Waals surface area contributed by atoms with Crippen molar-refractivity contribution in [3.05, 3.63) is 88.7 Å². The minimum absolute atomic E-state index is 0.0232. The maximum atomic E-state index is 12.4. The normalized spacial score (nSPS) is 13.2. The number of halogens is 2. The zero-order valence-corrected chi connectivity index (χ0v) is 24.0. The van der Waals surface area contributed by atoms with Gasteiger partial charge in [0.25, 0.3) is 0 Å². The van der Waals surface area contributed by atoms with Crippen LogP contribution in [0.1, 0.15) is 50.2 Å². The summed E-state index contributed by atoms with van der Waals surface area (Å²) < 4.78 is 1.76. The molecule has 11 heteroatoms. The van der Waals surface area contributed by atoms with Gasteiger partial charge in [-0.05, 0) is 41.3 Å². The SMILES string of the molecule is CC1CCCCC1.O=C(CNc1cc(-n2ccnc2)nc(NCc2ccncc2)n1)NCc1ccc(Cl)cc1Cl. The largest absolute Gasteiger partial charge is 0.361 e. The van der Waals surface area contributed by atoms with Gasteiger partial charge in [0.05, 0.1) is 6.54 Å². The highest BCUT2D eigenvalue weighted by atomic mass is 35.5. The average molecular weight is 582 g/mol. The van der Waals surface area contributed by atoms with Gasteiger partial charge in [-0.25, -0.2) is 4.98 Å². The number of hydrogen-bond donors (Lipinski definition) is 3. The molecule has 1 saturated carbocycles. The molecule has 40 heavy (non-hydrogen) atoms. The van der Waals surface area contributed by atoms with E-state index in [9.17, 15) is 4.79 Å². The Morgan fingerprint density at radius 3 is 2.42 bits per heavy atom. The molecule has 4 aromatic rings. The molecule has 1 fully saturated rings. The van der Waals surface area contributed by atoms with Crippen LogP contribution in [0.5, 0.6) is 0 Å². The van der Waals surface area contributed by atoms with Crippen LogP contribution in [0.3, 0.4) is 0 Å². The number of carbonyl (C=O) groups excluding carboxylic acids is 1. The van der Waals surface area contributed by atoms with E-state index in [4.69, 9.17) is 23.2 Å². The van der Waals surface area contributed by atoms with Crippen LogP contribution in [-0.4, -0.2) is 37.0 Å². The Morgan fingerprint density at radius 1 is 0.950 bits per heavy atom. The molecule has 0 aliphatic heterocycles. The predicted molar refractivity (Wildman–Crippen MR) is 160 cm³/mol. The fourth-order valence-electron chi connectivity index (χ4n) is 4.21. The van der Waals surface area contributed by atoms with Crippen LogP contribution in [0.2, 0.25) is 10.0 Å². The number of benzene rings is 1. The molecule has 0 atom stereocenters. The fourth-order valence-corrected chi connectivity index (χ4v) is 4.69. The molecule has 210 valence electrons. The molecule has 0 spiro atoms. The number of nitrogens with one attached hydrogen (secondary N) is 3. The summed E-state index contributed by atoms with van der Waals surface area (Å²) in [5, 5.41) is 10.1. The quantitative estimate of drug-likeness (QED) is 0.213. The van der Waals surface area contributed by atoms with Crippen molar-refractivity contribution in [3.8, 4) is 5.82 Å². The molecule has 9 nitrogen and oxygen atoms in total. The molecule has 0 radical (unpaired) electrons. The second kappa shape index (κ2) is 15.2. The first-order chi connectivity index (χ1) is 19.5. The Labute approximate surface area is 244 Å². The van der Waals surface area contributed by atoms with Crippen molar-refractivity contribution in [2.24, 2.45) is 5.92 Å². The van der Waals surface area contributed by atoms with Gasteiger partial charge in [-0.15, -0.1) is 0 Å². The molecular formula is C29H34Cl2N8O. The van der Waals surface area contributed by atoms with Gasteiger partial charge in [0.15, 0.2) is 0 Å². The molecule has 5 rings (SSSR count). The second-order valence-electron chi connectivity index (χ2n) is 9.72. The zero-order chi connectivity index (χ0) is 28.2. The highest BCUT2D eigenvalue weighted by Crippen LogP contribution is 2.22. The van der Waals surface area contributed by atoms with Crippen LogP contribution in [-0.2, 0) is 17.9 Å². The Kier molecular flexibility index (Phi) is 11.1. The van der Waals surface area contributed by atoms with Crippen LogP contribution in [0.15, 0.2) is 67.5 Å². The Hall–Kier alpha value is -3.69. The number of pyridine rings is 1. The van der Waals surface area contributed by atoms with E-state index < -0.39 is 0 Å². The van der Waals surface area contributed by atoms with Crippen LogP contribution in [0.25, 0.3) is 5.82 Å². The average Bonchev–Trinajstić information content (AvgIpc) is 3.51. The lowest BCUT2D eigenvalue weighted by atomic mass is 9.91. The van der Waals surface area contributed by atoms with Crippen molar-refractivity contribution in [3.63, 3.8) is 0 Å². The van der Waals surface area contributed by atoms with Gasteiger partial charge in [-0.2, -0.15) is 9.97 Å². The molecule has 1 aromatic carbocycles. The third kappa shape index (κ3) is 9.50. The first kappa shape index (κ1) is 29.3. The predicted octanol–water partition coefficient (Wildman–Crippen LogP) is 6.29. The molecule has 1 amide bonds. The third-order valence-electron chi connectivity index (χ3n) is 6.50. The molecule has 1 aliphatic carbocycles. The number of anilines is 2. The van der Waals surface area contributed by atoms with E-state index >= 15 is 0 Å². The highest BCUT2D eigenvalue weighted by molar-refractivity contribution is 6.35. The van der Waals surface area contributed by atoms with E-state index in [1.54, 1.807) is 59.9 Å². The number of nitrogens with zero attached hydrogens (tertiary/aromatic N) is 5. The van der Waals surface area contributed by atoms with Crippen molar-refractivity contribution in [1.29, 1.82) is 0 Å². The summed E-state index contributed by atoms with van der Waals surface area (Å²) >= 11 is 12.1. The van der Waals surface area contributed by atoms with Crippen LogP contribution >= 0.6 is 23.2 Å². The minimum Gasteiger partial charge on any atom is -0.361 e. The van der Waals surface area contributed by atoms with Gasteiger partial charge in [0.2, 0.25) is 11.9 Å². The number of carbonyl (C=O) groups is 1. The van der Waals surface area contributed by atoms with Crippen molar-refractivity contribution >= 4 is 40.9 Å². The molecule has 1 aliphatic rings. The van der Waals surface area contributed by atoms with Crippen LogP contribution in [0.4, 0.5) is 11.8 Å². The molecule has 0 bridgehead atoms. The summed E-state index contributed by atoms with van der Waals surface area (Å²) in [5.41, 5.74) is 1.82. The maximum absolute atomic E-state index is 12.4. The lowest BCUT2D eigenvalue weighted by Crippen LogP contribution is -2.29. The lowest BCUT2D eigenvalue weighted by molar-refractivity contribution is -0.119. The van der Waals surface area contributed by atoms with Crippen molar-refractivity contribution < 1.29 is 4.79 Å².